The second kappa shape index (κ2) is 5.34. The van der Waals surface area contributed by atoms with Gasteiger partial charge in [0.05, 0.1) is 11.5 Å². The Bertz CT molecular complexity index is 750. The second-order valence-electron chi connectivity index (χ2n) is 4.72. The van der Waals surface area contributed by atoms with E-state index in [0.29, 0.717) is 15.6 Å². The first-order chi connectivity index (χ1) is 10.1. The van der Waals surface area contributed by atoms with Gasteiger partial charge in [-0.1, -0.05) is 0 Å². The van der Waals surface area contributed by atoms with Crippen molar-refractivity contribution in [3.05, 3.63) is 44.4 Å². The van der Waals surface area contributed by atoms with E-state index in [0.717, 1.165) is 12.8 Å². The molecule has 110 valence electrons. The predicted octanol–water partition coefficient (Wildman–Crippen LogP) is 1.46. The van der Waals surface area contributed by atoms with Gasteiger partial charge in [-0.15, -0.1) is 5.10 Å². The Labute approximate surface area is 123 Å². The van der Waals surface area contributed by atoms with Crippen molar-refractivity contribution in [2.45, 2.75) is 35.5 Å². The summed E-state index contributed by atoms with van der Waals surface area (Å²) in [6.07, 6.45) is 1.89. The molecule has 3 rings (SSSR count). The highest BCUT2D eigenvalue weighted by molar-refractivity contribution is 7.99. The minimum Gasteiger partial charge on any atom is -0.392 e. The highest BCUT2D eigenvalue weighted by Gasteiger charge is 2.29. The van der Waals surface area contributed by atoms with Gasteiger partial charge in [0.25, 0.3) is 5.69 Å². The van der Waals surface area contributed by atoms with Crippen LogP contribution in [0.5, 0.6) is 0 Å². The lowest BCUT2D eigenvalue weighted by Gasteiger charge is -2.07. The van der Waals surface area contributed by atoms with Gasteiger partial charge in [-0.05, 0) is 36.2 Å². The molecule has 0 amide bonds. The number of hydrogen-bond donors (Lipinski definition) is 2. The first-order valence-electron chi connectivity index (χ1n) is 6.33. The molecule has 2 N–H and O–H groups in total. The van der Waals surface area contributed by atoms with Crippen molar-refractivity contribution in [1.82, 2.24) is 14.8 Å². The van der Waals surface area contributed by atoms with Crippen molar-refractivity contribution in [2.75, 3.05) is 0 Å². The average molecular weight is 308 g/mol. The van der Waals surface area contributed by atoms with Gasteiger partial charge in [0.2, 0.25) is 0 Å². The number of nitrogens with zero attached hydrogens (tertiary/aromatic N) is 3. The van der Waals surface area contributed by atoms with Crippen molar-refractivity contribution < 1.29 is 10.0 Å². The molecule has 0 radical (unpaired) electrons. The normalized spacial score (nSPS) is 14.3. The molecule has 8 nitrogen and oxygen atoms in total. The lowest BCUT2D eigenvalue weighted by atomic mass is 10.2. The fourth-order valence-corrected chi connectivity index (χ4v) is 3.03. The van der Waals surface area contributed by atoms with Crippen LogP contribution in [-0.4, -0.2) is 24.8 Å². The van der Waals surface area contributed by atoms with Crippen LogP contribution in [0.1, 0.15) is 24.4 Å². The number of nitro groups is 1. The molecule has 1 aliphatic rings. The zero-order valence-corrected chi connectivity index (χ0v) is 11.7. The molecular formula is C12H12N4O4S. The molecule has 0 unspecified atom stereocenters. The number of H-pyrrole nitrogens is 1. The molecule has 0 saturated heterocycles. The van der Waals surface area contributed by atoms with E-state index >= 15 is 0 Å². The van der Waals surface area contributed by atoms with Crippen molar-refractivity contribution in [3.8, 4) is 0 Å². The Kier molecular flexibility index (Phi) is 3.52. The van der Waals surface area contributed by atoms with Crippen LogP contribution in [0.15, 0.2) is 33.0 Å². The summed E-state index contributed by atoms with van der Waals surface area (Å²) in [5.41, 5.74) is 0.101. The van der Waals surface area contributed by atoms with Crippen molar-refractivity contribution in [1.29, 1.82) is 0 Å². The van der Waals surface area contributed by atoms with Crippen LogP contribution in [0.3, 0.4) is 0 Å². The Morgan fingerprint density at radius 3 is 2.90 bits per heavy atom. The first-order valence-corrected chi connectivity index (χ1v) is 7.14. The van der Waals surface area contributed by atoms with E-state index in [4.69, 9.17) is 0 Å². The van der Waals surface area contributed by atoms with Gasteiger partial charge in [-0.2, -0.15) is 0 Å². The standard InChI is InChI=1S/C12H12N4O4S/c17-6-7-5-9(16(19)20)3-4-10(7)21-12-14-13-11(18)15(12)8-1-2-8/h3-5,8,17H,1-2,6H2,(H,13,18). The third-order valence-corrected chi connectivity index (χ3v) is 4.30. The molecule has 0 bridgehead atoms. The molecule has 0 spiro atoms. The van der Waals surface area contributed by atoms with Crippen molar-refractivity contribution in [3.63, 3.8) is 0 Å². The number of non-ortho nitro benzene ring substituents is 1. The van der Waals surface area contributed by atoms with Crippen LogP contribution >= 0.6 is 11.8 Å². The minimum atomic E-state index is -0.512. The summed E-state index contributed by atoms with van der Waals surface area (Å²) in [7, 11) is 0. The van der Waals surface area contributed by atoms with Gasteiger partial charge >= 0.3 is 5.69 Å². The first kappa shape index (κ1) is 13.8. The molecule has 21 heavy (non-hydrogen) atoms. The largest absolute Gasteiger partial charge is 0.392 e. The van der Waals surface area contributed by atoms with Crippen molar-refractivity contribution >= 4 is 17.4 Å². The second-order valence-corrected chi connectivity index (χ2v) is 5.73. The summed E-state index contributed by atoms with van der Waals surface area (Å²) in [6.45, 7) is -0.317. The van der Waals surface area contributed by atoms with Gasteiger partial charge in [-0.25, -0.2) is 9.89 Å². The summed E-state index contributed by atoms with van der Waals surface area (Å²) in [5.74, 6) is 0. The Morgan fingerprint density at radius 1 is 1.52 bits per heavy atom. The monoisotopic (exact) mass is 308 g/mol. The number of aliphatic hydroxyl groups excluding tert-OH is 1. The third kappa shape index (κ3) is 2.69. The summed E-state index contributed by atoms with van der Waals surface area (Å²) in [6, 6.07) is 4.43. The quantitative estimate of drug-likeness (QED) is 0.638. The molecule has 1 heterocycles. The van der Waals surface area contributed by atoms with Gasteiger partial charge in [0.15, 0.2) is 5.16 Å². The number of aromatic amines is 1. The van der Waals surface area contributed by atoms with Gasteiger partial charge in [0.1, 0.15) is 0 Å². The van der Waals surface area contributed by atoms with E-state index in [1.54, 1.807) is 10.6 Å². The number of nitro benzene ring substituents is 1. The molecule has 1 aromatic heterocycles. The van der Waals surface area contributed by atoms with Crippen molar-refractivity contribution in [2.24, 2.45) is 0 Å². The summed E-state index contributed by atoms with van der Waals surface area (Å²) < 4.78 is 1.59. The predicted molar refractivity (Wildman–Crippen MR) is 74.3 cm³/mol. The van der Waals surface area contributed by atoms with Crippen LogP contribution in [0.4, 0.5) is 5.69 Å². The number of aromatic nitrogens is 3. The summed E-state index contributed by atoms with van der Waals surface area (Å²) in [5, 5.41) is 27.0. The zero-order chi connectivity index (χ0) is 15.0. The van der Waals surface area contributed by atoms with Crippen LogP contribution in [0, 0.1) is 10.1 Å². The third-order valence-electron chi connectivity index (χ3n) is 3.21. The molecule has 2 aromatic rings. The summed E-state index contributed by atoms with van der Waals surface area (Å²) in [4.78, 5) is 22.6. The number of benzene rings is 1. The fourth-order valence-electron chi connectivity index (χ4n) is 2.02. The van der Waals surface area contributed by atoms with E-state index in [1.807, 2.05) is 0 Å². The van der Waals surface area contributed by atoms with E-state index in [2.05, 4.69) is 10.2 Å². The minimum absolute atomic E-state index is 0.0787. The SMILES string of the molecule is O=c1[nH]nc(Sc2ccc([N+](=O)[O-])cc2CO)n1C1CC1. The molecule has 9 heteroatoms. The molecule has 1 saturated carbocycles. The van der Waals surface area contributed by atoms with E-state index in [1.165, 1.54) is 23.9 Å². The average Bonchev–Trinajstić information content (AvgIpc) is 3.24. The summed E-state index contributed by atoms with van der Waals surface area (Å²) >= 11 is 1.21. The topological polar surface area (TPSA) is 114 Å². The highest BCUT2D eigenvalue weighted by atomic mass is 32.2. The van der Waals surface area contributed by atoms with Crippen LogP contribution < -0.4 is 5.69 Å². The van der Waals surface area contributed by atoms with E-state index in [9.17, 15) is 20.0 Å². The van der Waals surface area contributed by atoms with Crippen LogP contribution in [0.2, 0.25) is 0 Å². The molecule has 0 aliphatic heterocycles. The smallest absolute Gasteiger partial charge is 0.344 e. The Hall–Kier alpha value is -2.13. The van der Waals surface area contributed by atoms with Gasteiger partial charge < -0.3 is 5.11 Å². The maximum Gasteiger partial charge on any atom is 0.344 e. The molecule has 0 atom stereocenters. The molecule has 1 aromatic carbocycles. The van der Waals surface area contributed by atoms with Crippen LogP contribution in [0.25, 0.3) is 0 Å². The Balaban J connectivity index is 1.94. The number of hydrogen-bond acceptors (Lipinski definition) is 6. The zero-order valence-electron chi connectivity index (χ0n) is 10.9. The number of rotatable bonds is 5. The Morgan fingerprint density at radius 2 is 2.29 bits per heavy atom. The van der Waals surface area contributed by atoms with Gasteiger partial charge in [-0.3, -0.25) is 14.7 Å². The number of nitrogens with one attached hydrogen (secondary N) is 1. The maximum atomic E-state index is 11.7. The molecule has 1 fully saturated rings. The lowest BCUT2D eigenvalue weighted by Crippen LogP contribution is -2.16. The fraction of sp³-hybridized carbons (Fsp3) is 0.333. The molecule has 1 aliphatic carbocycles. The van der Waals surface area contributed by atoms with Gasteiger partial charge in [0, 0.05) is 23.1 Å². The highest BCUT2D eigenvalue weighted by Crippen LogP contribution is 2.38. The molecular weight excluding hydrogens is 296 g/mol. The number of aliphatic hydroxyl groups is 1. The maximum absolute atomic E-state index is 11.7. The lowest BCUT2D eigenvalue weighted by molar-refractivity contribution is -0.385. The van der Waals surface area contributed by atoms with E-state index < -0.39 is 4.92 Å². The van der Waals surface area contributed by atoms with E-state index in [-0.39, 0.29) is 24.0 Å². The van der Waals surface area contributed by atoms with Crippen LogP contribution in [-0.2, 0) is 6.61 Å².